The molecule has 2 aromatic carbocycles. The number of carbonyl (C=O) groups is 1. The monoisotopic (exact) mass is 266 g/mol. The molecule has 98 valence electrons. The molecule has 0 aliphatic rings. The maximum absolute atomic E-state index is 13.5. The third kappa shape index (κ3) is 2.59. The Kier molecular flexibility index (Phi) is 3.55. The van der Waals surface area contributed by atoms with E-state index in [9.17, 15) is 23.1 Å². The Morgan fingerprint density at radius 2 is 1.74 bits per heavy atom. The summed E-state index contributed by atoms with van der Waals surface area (Å²) in [5.41, 5.74) is 0.131. The number of aliphatic hydroxyl groups excluding tert-OH is 1. The maximum atomic E-state index is 13.5. The van der Waals surface area contributed by atoms with E-state index in [-0.39, 0.29) is 10.9 Å². The molecule has 5 heteroatoms. The molecule has 0 amide bonds. The van der Waals surface area contributed by atoms with E-state index < -0.39 is 23.8 Å². The van der Waals surface area contributed by atoms with Crippen LogP contribution in [0.3, 0.4) is 0 Å². The molecule has 0 radical (unpaired) electrons. The molecule has 0 bridgehead atoms. The molecular weight excluding hydrogens is 257 g/mol. The van der Waals surface area contributed by atoms with Gasteiger partial charge in [0.05, 0.1) is 0 Å². The molecule has 0 aliphatic carbocycles. The summed E-state index contributed by atoms with van der Waals surface area (Å²) in [6.45, 7) is 0. The minimum Gasteiger partial charge on any atom is -0.507 e. The van der Waals surface area contributed by atoms with Crippen LogP contribution in [0.15, 0.2) is 42.5 Å². The quantitative estimate of drug-likeness (QED) is 0.679. The number of rotatable bonds is 3. The van der Waals surface area contributed by atoms with E-state index in [1.807, 2.05) is 0 Å². The van der Waals surface area contributed by atoms with Crippen LogP contribution in [0.25, 0.3) is 16.5 Å². The number of fused-ring (bicyclic) bond motifs is 1. The minimum atomic E-state index is -3.19. The molecule has 0 heterocycles. The molecule has 0 fully saturated rings. The smallest absolute Gasteiger partial charge is 0.300 e. The predicted molar refractivity (Wildman–Crippen MR) is 65.5 cm³/mol. The highest BCUT2D eigenvalue weighted by molar-refractivity contribution is 6.01. The average Bonchev–Trinajstić information content (AvgIpc) is 2.39. The van der Waals surface area contributed by atoms with Crippen LogP contribution in [0.4, 0.5) is 13.2 Å². The number of hydrogen-bond acceptors (Lipinski definition) is 2. The first-order valence-electron chi connectivity index (χ1n) is 5.41. The van der Waals surface area contributed by atoms with Gasteiger partial charge in [0.15, 0.2) is 0 Å². The van der Waals surface area contributed by atoms with Gasteiger partial charge in [0.1, 0.15) is 11.6 Å². The van der Waals surface area contributed by atoms with Gasteiger partial charge in [0.25, 0.3) is 6.43 Å². The molecule has 0 spiro atoms. The van der Waals surface area contributed by atoms with Crippen molar-refractivity contribution in [1.29, 1.82) is 0 Å². The Balaban J connectivity index is 2.58. The lowest BCUT2D eigenvalue weighted by atomic mass is 10.0. The summed E-state index contributed by atoms with van der Waals surface area (Å²) in [5.74, 6) is -2.60. The number of benzene rings is 2. The Morgan fingerprint density at radius 1 is 1.11 bits per heavy atom. The van der Waals surface area contributed by atoms with Crippen molar-refractivity contribution in [2.45, 2.75) is 6.43 Å². The van der Waals surface area contributed by atoms with Crippen molar-refractivity contribution in [3.8, 4) is 0 Å². The largest absolute Gasteiger partial charge is 0.507 e. The first-order chi connectivity index (χ1) is 9.00. The van der Waals surface area contributed by atoms with Gasteiger partial charge < -0.3 is 5.11 Å². The van der Waals surface area contributed by atoms with Gasteiger partial charge in [-0.1, -0.05) is 24.3 Å². The van der Waals surface area contributed by atoms with Crippen molar-refractivity contribution in [2.75, 3.05) is 0 Å². The zero-order valence-corrected chi connectivity index (χ0v) is 9.61. The highest BCUT2D eigenvalue weighted by Crippen LogP contribution is 2.26. The first kappa shape index (κ1) is 13.1. The first-order valence-corrected chi connectivity index (χ1v) is 5.41. The van der Waals surface area contributed by atoms with Crippen molar-refractivity contribution < 1.29 is 23.1 Å². The molecule has 0 saturated heterocycles. The lowest BCUT2D eigenvalue weighted by molar-refractivity contribution is -0.124. The zero-order chi connectivity index (χ0) is 14.0. The van der Waals surface area contributed by atoms with Crippen molar-refractivity contribution in [3.05, 3.63) is 53.9 Å². The van der Waals surface area contributed by atoms with Crippen molar-refractivity contribution in [1.82, 2.24) is 0 Å². The molecule has 2 aromatic rings. The summed E-state index contributed by atoms with van der Waals surface area (Å²) in [4.78, 5) is 10.9. The van der Waals surface area contributed by atoms with E-state index in [0.29, 0.717) is 11.5 Å². The number of carbonyl (C=O) groups excluding carboxylic acids is 1. The molecule has 0 aromatic heterocycles. The second-order valence-electron chi connectivity index (χ2n) is 3.87. The number of aliphatic hydroxyl groups is 1. The van der Waals surface area contributed by atoms with E-state index in [1.54, 1.807) is 12.1 Å². The number of allylic oxidation sites excluding steroid dienone is 1. The number of ketones is 1. The third-order valence-corrected chi connectivity index (χ3v) is 2.64. The SMILES string of the molecule is O=C(/C=C(\O)c1ccc(F)c2ccccc12)C(F)F. The summed E-state index contributed by atoms with van der Waals surface area (Å²) in [6.07, 6.45) is -2.74. The highest BCUT2D eigenvalue weighted by atomic mass is 19.3. The summed E-state index contributed by atoms with van der Waals surface area (Å²) >= 11 is 0. The van der Waals surface area contributed by atoms with E-state index in [2.05, 4.69) is 0 Å². The standard InChI is InChI=1S/C14H9F3O2/c15-11-6-5-10(8-3-1-2-4-9(8)11)12(18)7-13(19)14(16)17/h1-7,14,18H/b12-7-. The van der Waals surface area contributed by atoms with Gasteiger partial charge in [-0.2, -0.15) is 0 Å². The molecule has 0 atom stereocenters. The minimum absolute atomic E-state index is 0.131. The molecule has 2 nitrogen and oxygen atoms in total. The van der Waals surface area contributed by atoms with Gasteiger partial charge in [-0.25, -0.2) is 13.2 Å². The van der Waals surface area contributed by atoms with Crippen LogP contribution in [-0.2, 0) is 4.79 Å². The van der Waals surface area contributed by atoms with Crippen LogP contribution >= 0.6 is 0 Å². The lowest BCUT2D eigenvalue weighted by Crippen LogP contribution is -2.06. The van der Waals surface area contributed by atoms with Gasteiger partial charge >= 0.3 is 0 Å². The summed E-state index contributed by atoms with van der Waals surface area (Å²) in [5, 5.41) is 10.3. The second kappa shape index (κ2) is 5.14. The van der Waals surface area contributed by atoms with Crippen LogP contribution in [0.2, 0.25) is 0 Å². The predicted octanol–water partition coefficient (Wildman–Crippen LogP) is 3.71. The van der Waals surface area contributed by atoms with Crippen LogP contribution < -0.4 is 0 Å². The summed E-state index contributed by atoms with van der Waals surface area (Å²) < 4.78 is 37.8. The topological polar surface area (TPSA) is 37.3 Å². The van der Waals surface area contributed by atoms with Crippen molar-refractivity contribution in [3.63, 3.8) is 0 Å². The van der Waals surface area contributed by atoms with Crippen molar-refractivity contribution >= 4 is 22.3 Å². The Bertz CT molecular complexity index is 663. The molecule has 2 rings (SSSR count). The van der Waals surface area contributed by atoms with E-state index in [4.69, 9.17) is 0 Å². The molecule has 0 unspecified atom stereocenters. The third-order valence-electron chi connectivity index (χ3n) is 2.64. The number of alkyl halides is 2. The Labute approximate surface area is 106 Å². The molecular formula is C14H9F3O2. The molecule has 19 heavy (non-hydrogen) atoms. The van der Waals surface area contributed by atoms with Gasteiger partial charge in [-0.15, -0.1) is 0 Å². The summed E-state index contributed by atoms with van der Waals surface area (Å²) in [6, 6.07) is 8.60. The number of halogens is 3. The lowest BCUT2D eigenvalue weighted by Gasteiger charge is -2.06. The average molecular weight is 266 g/mol. The van der Waals surface area contributed by atoms with Crippen LogP contribution in [0.1, 0.15) is 5.56 Å². The Hall–Kier alpha value is -2.30. The van der Waals surface area contributed by atoms with E-state index >= 15 is 0 Å². The molecule has 0 aliphatic heterocycles. The fraction of sp³-hybridized carbons (Fsp3) is 0.0714. The fourth-order valence-electron chi connectivity index (χ4n) is 1.76. The van der Waals surface area contributed by atoms with Crippen molar-refractivity contribution in [2.24, 2.45) is 0 Å². The van der Waals surface area contributed by atoms with E-state index in [0.717, 1.165) is 6.07 Å². The summed E-state index contributed by atoms with van der Waals surface area (Å²) in [7, 11) is 0. The van der Waals surface area contributed by atoms with Gasteiger partial charge in [0, 0.05) is 17.0 Å². The van der Waals surface area contributed by atoms with Crippen LogP contribution in [0, 0.1) is 5.82 Å². The van der Waals surface area contributed by atoms with Crippen LogP contribution in [-0.4, -0.2) is 17.3 Å². The van der Waals surface area contributed by atoms with Crippen LogP contribution in [0.5, 0.6) is 0 Å². The van der Waals surface area contributed by atoms with E-state index in [1.165, 1.54) is 18.2 Å². The fourth-order valence-corrected chi connectivity index (χ4v) is 1.76. The number of hydrogen-bond donors (Lipinski definition) is 1. The van der Waals surface area contributed by atoms with Gasteiger partial charge in [0.2, 0.25) is 5.78 Å². The Morgan fingerprint density at radius 3 is 2.37 bits per heavy atom. The normalized spacial score (nSPS) is 12.1. The maximum Gasteiger partial charge on any atom is 0.300 e. The second-order valence-corrected chi connectivity index (χ2v) is 3.87. The molecule has 1 N–H and O–H groups in total. The molecule has 0 saturated carbocycles. The highest BCUT2D eigenvalue weighted by Gasteiger charge is 2.15. The van der Waals surface area contributed by atoms with Gasteiger partial charge in [-0.3, -0.25) is 4.79 Å². The zero-order valence-electron chi connectivity index (χ0n) is 9.61. The van der Waals surface area contributed by atoms with Gasteiger partial charge in [-0.05, 0) is 17.5 Å².